The second kappa shape index (κ2) is 8.85. The van der Waals surface area contributed by atoms with Gasteiger partial charge in [0, 0.05) is 6.54 Å². The molecule has 0 radical (unpaired) electrons. The molecule has 1 atom stereocenters. The lowest BCUT2D eigenvalue weighted by atomic mass is 10.0. The van der Waals surface area contributed by atoms with Crippen molar-refractivity contribution in [1.82, 2.24) is 15.1 Å². The molecule has 1 unspecified atom stereocenters. The third kappa shape index (κ3) is 4.95. The quantitative estimate of drug-likeness (QED) is 0.858. The molecule has 2 heterocycles. The lowest BCUT2D eigenvalue weighted by Gasteiger charge is -2.31. The van der Waals surface area contributed by atoms with E-state index >= 15 is 0 Å². The van der Waals surface area contributed by atoms with E-state index in [1.54, 1.807) is 0 Å². The molecule has 0 aliphatic carbocycles. The standard InChI is InChI=1S/C19H27N3O3/c23-18(15-22-12-13-25-19(22)24)20-14-17(16-8-4-3-5-9-16)21-10-6-1-2-7-11-21/h3-5,8-9,17H,1-2,6-7,10-15H2,(H,20,23). The second-order valence-electron chi connectivity index (χ2n) is 6.72. The molecule has 3 rings (SSSR count). The number of amides is 2. The Morgan fingerprint density at radius 3 is 2.44 bits per heavy atom. The van der Waals surface area contributed by atoms with Crippen molar-refractivity contribution in [2.24, 2.45) is 0 Å². The second-order valence-corrected chi connectivity index (χ2v) is 6.72. The predicted octanol–water partition coefficient (Wildman–Crippen LogP) is 2.17. The van der Waals surface area contributed by atoms with Crippen molar-refractivity contribution in [2.45, 2.75) is 31.7 Å². The van der Waals surface area contributed by atoms with Crippen molar-refractivity contribution >= 4 is 12.0 Å². The summed E-state index contributed by atoms with van der Waals surface area (Å²) in [7, 11) is 0. The summed E-state index contributed by atoms with van der Waals surface area (Å²) in [6, 6.07) is 10.5. The molecule has 0 spiro atoms. The van der Waals surface area contributed by atoms with Gasteiger partial charge in [0.25, 0.3) is 0 Å². The van der Waals surface area contributed by atoms with Gasteiger partial charge in [-0.2, -0.15) is 0 Å². The largest absolute Gasteiger partial charge is 0.448 e. The third-order valence-electron chi connectivity index (χ3n) is 4.94. The summed E-state index contributed by atoms with van der Waals surface area (Å²) >= 11 is 0. The average molecular weight is 345 g/mol. The van der Waals surface area contributed by atoms with Crippen molar-refractivity contribution in [3.63, 3.8) is 0 Å². The van der Waals surface area contributed by atoms with Gasteiger partial charge in [0.05, 0.1) is 12.6 Å². The Labute approximate surface area is 149 Å². The first kappa shape index (κ1) is 17.7. The predicted molar refractivity (Wildman–Crippen MR) is 95.2 cm³/mol. The molecule has 6 heteroatoms. The summed E-state index contributed by atoms with van der Waals surface area (Å²) in [5.74, 6) is -0.130. The molecule has 2 saturated heterocycles. The average Bonchev–Trinajstić information content (AvgIpc) is 2.87. The summed E-state index contributed by atoms with van der Waals surface area (Å²) in [4.78, 5) is 27.6. The highest BCUT2D eigenvalue weighted by Crippen LogP contribution is 2.23. The van der Waals surface area contributed by atoms with Gasteiger partial charge in [0.15, 0.2) is 0 Å². The number of hydrogen-bond donors (Lipinski definition) is 1. The maximum atomic E-state index is 12.3. The van der Waals surface area contributed by atoms with Gasteiger partial charge in [-0.05, 0) is 31.5 Å². The van der Waals surface area contributed by atoms with Crippen molar-refractivity contribution in [3.05, 3.63) is 35.9 Å². The zero-order chi connectivity index (χ0) is 17.5. The molecule has 2 amide bonds. The number of hydrogen-bond acceptors (Lipinski definition) is 4. The number of rotatable bonds is 6. The van der Waals surface area contributed by atoms with Gasteiger partial charge >= 0.3 is 6.09 Å². The normalized spacial score (nSPS) is 20.0. The minimum absolute atomic E-state index is 0.0698. The Morgan fingerprint density at radius 1 is 1.08 bits per heavy atom. The molecule has 2 aliphatic heterocycles. The van der Waals surface area contributed by atoms with Crippen LogP contribution in [0, 0.1) is 0 Å². The van der Waals surface area contributed by atoms with E-state index in [2.05, 4.69) is 22.3 Å². The molecule has 0 bridgehead atoms. The van der Waals surface area contributed by atoms with E-state index in [-0.39, 0.29) is 18.5 Å². The third-order valence-corrected chi connectivity index (χ3v) is 4.94. The first-order valence-electron chi connectivity index (χ1n) is 9.21. The van der Waals surface area contributed by atoms with Gasteiger partial charge in [-0.25, -0.2) is 4.79 Å². The lowest BCUT2D eigenvalue weighted by Crippen LogP contribution is -2.42. The Balaban J connectivity index is 1.61. The van der Waals surface area contributed by atoms with E-state index in [1.165, 1.54) is 36.1 Å². The maximum Gasteiger partial charge on any atom is 0.410 e. The highest BCUT2D eigenvalue weighted by atomic mass is 16.6. The van der Waals surface area contributed by atoms with Gasteiger partial charge in [0.1, 0.15) is 13.2 Å². The zero-order valence-corrected chi connectivity index (χ0v) is 14.7. The Morgan fingerprint density at radius 2 is 1.80 bits per heavy atom. The van der Waals surface area contributed by atoms with Crippen molar-refractivity contribution in [3.8, 4) is 0 Å². The Hall–Kier alpha value is -2.08. The molecule has 0 aromatic heterocycles. The number of nitrogens with zero attached hydrogens (tertiary/aromatic N) is 2. The molecule has 6 nitrogen and oxygen atoms in total. The monoisotopic (exact) mass is 345 g/mol. The molecular weight excluding hydrogens is 318 g/mol. The van der Waals surface area contributed by atoms with Crippen LogP contribution in [0.3, 0.4) is 0 Å². The fourth-order valence-electron chi connectivity index (χ4n) is 3.55. The maximum absolute atomic E-state index is 12.3. The van der Waals surface area contributed by atoms with E-state index in [0.717, 1.165) is 13.1 Å². The van der Waals surface area contributed by atoms with E-state index in [0.29, 0.717) is 19.7 Å². The number of ether oxygens (including phenoxy) is 1. The number of carbonyl (C=O) groups is 2. The Kier molecular flexibility index (Phi) is 6.28. The topological polar surface area (TPSA) is 61.9 Å². The first-order chi connectivity index (χ1) is 12.2. The van der Waals surface area contributed by atoms with Crippen LogP contribution < -0.4 is 5.32 Å². The van der Waals surface area contributed by atoms with E-state index in [4.69, 9.17) is 4.74 Å². The van der Waals surface area contributed by atoms with Gasteiger partial charge in [-0.3, -0.25) is 14.6 Å². The lowest BCUT2D eigenvalue weighted by molar-refractivity contribution is -0.121. The summed E-state index contributed by atoms with van der Waals surface area (Å²) in [6.45, 7) is 3.61. The molecular formula is C19H27N3O3. The molecule has 1 aromatic carbocycles. The van der Waals surface area contributed by atoms with Gasteiger partial charge in [-0.15, -0.1) is 0 Å². The fraction of sp³-hybridized carbons (Fsp3) is 0.579. The molecule has 136 valence electrons. The molecule has 1 aromatic rings. The molecule has 2 aliphatic rings. The van der Waals surface area contributed by atoms with E-state index in [1.807, 2.05) is 18.2 Å². The van der Waals surface area contributed by atoms with Crippen LogP contribution in [-0.4, -0.2) is 61.1 Å². The zero-order valence-electron chi connectivity index (χ0n) is 14.7. The van der Waals surface area contributed by atoms with Crippen LogP contribution in [0.5, 0.6) is 0 Å². The number of carbonyl (C=O) groups excluding carboxylic acids is 2. The van der Waals surface area contributed by atoms with Gasteiger partial charge < -0.3 is 10.1 Å². The van der Waals surface area contributed by atoms with E-state index < -0.39 is 6.09 Å². The minimum atomic E-state index is -0.401. The highest BCUT2D eigenvalue weighted by Gasteiger charge is 2.26. The SMILES string of the molecule is O=C(CN1CCOC1=O)NCC(c1ccccc1)N1CCCCCC1. The Bertz CT molecular complexity index is 571. The number of benzene rings is 1. The number of nitrogens with one attached hydrogen (secondary N) is 1. The number of likely N-dealkylation sites (tertiary alicyclic amines) is 1. The smallest absolute Gasteiger partial charge is 0.410 e. The van der Waals surface area contributed by atoms with Crippen LogP contribution in [0.1, 0.15) is 37.3 Å². The van der Waals surface area contributed by atoms with Gasteiger partial charge in [-0.1, -0.05) is 43.2 Å². The van der Waals surface area contributed by atoms with Gasteiger partial charge in [0.2, 0.25) is 5.91 Å². The summed E-state index contributed by atoms with van der Waals surface area (Å²) in [5, 5.41) is 3.02. The van der Waals surface area contributed by atoms with Crippen molar-refractivity contribution in [1.29, 1.82) is 0 Å². The van der Waals surface area contributed by atoms with Crippen LogP contribution in [0.4, 0.5) is 4.79 Å². The van der Waals surface area contributed by atoms with Crippen LogP contribution in [0.25, 0.3) is 0 Å². The highest BCUT2D eigenvalue weighted by molar-refractivity contribution is 5.82. The van der Waals surface area contributed by atoms with Crippen LogP contribution >= 0.6 is 0 Å². The summed E-state index contributed by atoms with van der Waals surface area (Å²) in [5.41, 5.74) is 1.23. The molecule has 2 fully saturated rings. The van der Waals surface area contributed by atoms with Crippen LogP contribution in [0.15, 0.2) is 30.3 Å². The van der Waals surface area contributed by atoms with Crippen molar-refractivity contribution in [2.75, 3.05) is 39.3 Å². The summed E-state index contributed by atoms with van der Waals surface area (Å²) in [6.07, 6.45) is 4.57. The molecule has 0 saturated carbocycles. The van der Waals surface area contributed by atoms with Crippen LogP contribution in [-0.2, 0) is 9.53 Å². The summed E-state index contributed by atoms with van der Waals surface area (Å²) < 4.78 is 4.87. The van der Waals surface area contributed by atoms with E-state index in [9.17, 15) is 9.59 Å². The van der Waals surface area contributed by atoms with Crippen molar-refractivity contribution < 1.29 is 14.3 Å². The van der Waals surface area contributed by atoms with Crippen LogP contribution in [0.2, 0.25) is 0 Å². The molecule has 25 heavy (non-hydrogen) atoms. The minimum Gasteiger partial charge on any atom is -0.448 e. The number of cyclic esters (lactones) is 1. The molecule has 1 N–H and O–H groups in total. The first-order valence-corrected chi connectivity index (χ1v) is 9.21. The fourth-order valence-corrected chi connectivity index (χ4v) is 3.55.